The number of halogens is 1. The van der Waals surface area contributed by atoms with Gasteiger partial charge in [0.25, 0.3) is 0 Å². The third-order valence-corrected chi connectivity index (χ3v) is 5.05. The van der Waals surface area contributed by atoms with Crippen molar-refractivity contribution < 1.29 is 22.6 Å². The predicted octanol–water partition coefficient (Wildman–Crippen LogP) is 1.78. The highest BCUT2D eigenvalue weighted by Gasteiger charge is 2.23. The fourth-order valence-electron chi connectivity index (χ4n) is 1.65. The molecule has 0 aliphatic carbocycles. The number of hydrogen-bond acceptors (Lipinski definition) is 5. The van der Waals surface area contributed by atoms with E-state index in [0.717, 1.165) is 0 Å². The van der Waals surface area contributed by atoms with E-state index in [1.165, 1.54) is 27.4 Å². The summed E-state index contributed by atoms with van der Waals surface area (Å²) in [5.41, 5.74) is 0. The molecule has 0 heterocycles. The summed E-state index contributed by atoms with van der Waals surface area (Å²) >= 11 is 3.23. The van der Waals surface area contributed by atoms with Crippen LogP contribution in [0.2, 0.25) is 0 Å². The van der Waals surface area contributed by atoms with Gasteiger partial charge in [0.1, 0.15) is 4.90 Å². The lowest BCUT2D eigenvalue weighted by atomic mass is 10.3. The molecule has 0 saturated carbocycles. The first kappa shape index (κ1) is 17.2. The van der Waals surface area contributed by atoms with E-state index in [1.807, 2.05) is 0 Å². The van der Waals surface area contributed by atoms with Crippen molar-refractivity contribution in [3.05, 3.63) is 16.6 Å². The summed E-state index contributed by atoms with van der Waals surface area (Å²) < 4.78 is 42.7. The van der Waals surface area contributed by atoms with E-state index in [0.29, 0.717) is 16.0 Å². The van der Waals surface area contributed by atoms with Crippen molar-refractivity contribution in [1.82, 2.24) is 4.72 Å². The summed E-state index contributed by atoms with van der Waals surface area (Å²) in [5, 5.41) is 0. The van der Waals surface area contributed by atoms with E-state index < -0.39 is 10.0 Å². The van der Waals surface area contributed by atoms with Crippen LogP contribution >= 0.6 is 15.9 Å². The molecule has 0 radical (unpaired) electrons. The molecule has 0 bridgehead atoms. The van der Waals surface area contributed by atoms with Crippen LogP contribution in [-0.2, 0) is 14.8 Å². The number of benzene rings is 1. The molecule has 1 atom stereocenters. The summed E-state index contributed by atoms with van der Waals surface area (Å²) in [6.45, 7) is 2.00. The molecule has 114 valence electrons. The van der Waals surface area contributed by atoms with E-state index >= 15 is 0 Å². The Bertz CT molecular complexity index is 561. The molecule has 1 aromatic carbocycles. The van der Waals surface area contributed by atoms with Gasteiger partial charge >= 0.3 is 0 Å². The van der Waals surface area contributed by atoms with Gasteiger partial charge in [-0.3, -0.25) is 0 Å². The number of ether oxygens (including phenoxy) is 3. The van der Waals surface area contributed by atoms with Crippen molar-refractivity contribution in [1.29, 1.82) is 0 Å². The first-order valence-corrected chi connectivity index (χ1v) is 8.06. The van der Waals surface area contributed by atoms with E-state index in [1.54, 1.807) is 13.0 Å². The largest absolute Gasteiger partial charge is 0.493 e. The molecule has 0 spiro atoms. The van der Waals surface area contributed by atoms with Crippen molar-refractivity contribution in [2.75, 3.05) is 27.9 Å². The Morgan fingerprint density at radius 2 is 1.75 bits per heavy atom. The summed E-state index contributed by atoms with van der Waals surface area (Å²) in [5.74, 6) is 0.790. The summed E-state index contributed by atoms with van der Waals surface area (Å²) in [7, 11) is 0.760. The molecule has 1 N–H and O–H groups in total. The lowest BCUT2D eigenvalue weighted by molar-refractivity contribution is 0.180. The smallest absolute Gasteiger partial charge is 0.242 e. The minimum absolute atomic E-state index is 0.0816. The van der Waals surface area contributed by atoms with Crippen molar-refractivity contribution in [3.8, 4) is 11.5 Å². The van der Waals surface area contributed by atoms with Gasteiger partial charge in [-0.2, -0.15) is 0 Å². The molecule has 20 heavy (non-hydrogen) atoms. The second-order valence-corrected chi connectivity index (χ2v) is 6.65. The summed E-state index contributed by atoms with van der Waals surface area (Å²) in [6.07, 6.45) is 0. The Morgan fingerprint density at radius 1 is 1.20 bits per heavy atom. The van der Waals surface area contributed by atoms with Gasteiger partial charge in [0.05, 0.1) is 20.8 Å². The number of nitrogens with one attached hydrogen (secondary N) is 1. The van der Waals surface area contributed by atoms with Crippen LogP contribution < -0.4 is 14.2 Å². The standard InChI is InChI=1S/C12H18BrNO5S/c1-8(7-17-2)14-20(15,16)12-6-11(19-4)10(18-3)5-9(12)13/h5-6,8,14H,7H2,1-4H3/t8-/m1/s1. The molecule has 1 rings (SSSR count). The van der Waals surface area contributed by atoms with E-state index in [-0.39, 0.29) is 17.5 Å². The molecular weight excluding hydrogens is 350 g/mol. The minimum Gasteiger partial charge on any atom is -0.493 e. The molecule has 0 aromatic heterocycles. The number of sulfonamides is 1. The molecule has 0 saturated heterocycles. The quantitative estimate of drug-likeness (QED) is 0.794. The van der Waals surface area contributed by atoms with Crippen LogP contribution in [0.4, 0.5) is 0 Å². The highest BCUT2D eigenvalue weighted by Crippen LogP contribution is 2.35. The molecule has 0 amide bonds. The summed E-state index contributed by atoms with van der Waals surface area (Å²) in [4.78, 5) is 0.0816. The van der Waals surface area contributed by atoms with Crippen molar-refractivity contribution in [2.45, 2.75) is 17.9 Å². The van der Waals surface area contributed by atoms with Crippen molar-refractivity contribution in [2.24, 2.45) is 0 Å². The van der Waals surface area contributed by atoms with Crippen molar-refractivity contribution in [3.63, 3.8) is 0 Å². The topological polar surface area (TPSA) is 73.9 Å². The Kier molecular flexibility index (Phi) is 6.25. The zero-order valence-corrected chi connectivity index (χ0v) is 14.2. The first-order valence-electron chi connectivity index (χ1n) is 5.78. The maximum Gasteiger partial charge on any atom is 0.242 e. The van der Waals surface area contributed by atoms with Gasteiger partial charge in [-0.25, -0.2) is 13.1 Å². The first-order chi connectivity index (χ1) is 9.35. The van der Waals surface area contributed by atoms with Gasteiger partial charge in [-0.05, 0) is 28.9 Å². The van der Waals surface area contributed by atoms with Crippen LogP contribution in [0.15, 0.2) is 21.5 Å². The monoisotopic (exact) mass is 367 g/mol. The number of hydrogen-bond donors (Lipinski definition) is 1. The van der Waals surface area contributed by atoms with Crippen LogP contribution in [0.3, 0.4) is 0 Å². The number of methoxy groups -OCH3 is 3. The average molecular weight is 368 g/mol. The second kappa shape index (κ2) is 7.26. The SMILES string of the molecule is COC[C@@H](C)NS(=O)(=O)c1cc(OC)c(OC)cc1Br. The van der Waals surface area contributed by atoms with Gasteiger partial charge in [0, 0.05) is 23.7 Å². The third kappa shape index (κ3) is 4.08. The van der Waals surface area contributed by atoms with Gasteiger partial charge in [-0.1, -0.05) is 0 Å². The summed E-state index contributed by atoms with van der Waals surface area (Å²) in [6, 6.07) is 2.61. The van der Waals surface area contributed by atoms with E-state index in [2.05, 4.69) is 20.7 Å². The minimum atomic E-state index is -3.68. The Hall–Kier alpha value is -0.830. The van der Waals surface area contributed by atoms with Gasteiger partial charge in [-0.15, -0.1) is 0 Å². The lowest BCUT2D eigenvalue weighted by Crippen LogP contribution is -2.35. The molecule has 0 aliphatic heterocycles. The normalized spacial score (nSPS) is 13.1. The van der Waals surface area contributed by atoms with Crippen LogP contribution in [0.25, 0.3) is 0 Å². The van der Waals surface area contributed by atoms with Gasteiger partial charge in [0.15, 0.2) is 11.5 Å². The fraction of sp³-hybridized carbons (Fsp3) is 0.500. The highest BCUT2D eigenvalue weighted by atomic mass is 79.9. The maximum absolute atomic E-state index is 12.3. The van der Waals surface area contributed by atoms with Crippen LogP contribution in [0.5, 0.6) is 11.5 Å². The van der Waals surface area contributed by atoms with Crippen molar-refractivity contribution >= 4 is 26.0 Å². The molecule has 8 heteroatoms. The van der Waals surface area contributed by atoms with Crippen LogP contribution in [-0.4, -0.2) is 42.4 Å². The van der Waals surface area contributed by atoms with E-state index in [4.69, 9.17) is 14.2 Å². The Balaban J connectivity index is 3.18. The van der Waals surface area contributed by atoms with Crippen LogP contribution in [0, 0.1) is 0 Å². The Morgan fingerprint density at radius 3 is 2.25 bits per heavy atom. The van der Waals surface area contributed by atoms with Gasteiger partial charge in [0.2, 0.25) is 10.0 Å². The molecule has 6 nitrogen and oxygen atoms in total. The zero-order valence-electron chi connectivity index (χ0n) is 11.8. The predicted molar refractivity (Wildman–Crippen MR) is 78.9 cm³/mol. The molecule has 0 aliphatic rings. The molecule has 0 unspecified atom stereocenters. The lowest BCUT2D eigenvalue weighted by Gasteiger charge is -2.16. The van der Waals surface area contributed by atoms with Crippen LogP contribution in [0.1, 0.15) is 6.92 Å². The third-order valence-electron chi connectivity index (χ3n) is 2.50. The second-order valence-electron chi connectivity index (χ2n) is 4.12. The van der Waals surface area contributed by atoms with E-state index in [9.17, 15) is 8.42 Å². The maximum atomic E-state index is 12.3. The molecule has 0 fully saturated rings. The molecule has 1 aromatic rings. The Labute approximate surface area is 127 Å². The number of rotatable bonds is 7. The highest BCUT2D eigenvalue weighted by molar-refractivity contribution is 9.10. The van der Waals surface area contributed by atoms with Gasteiger partial charge < -0.3 is 14.2 Å². The zero-order chi connectivity index (χ0) is 15.3. The molecular formula is C12H18BrNO5S. The fourth-order valence-corrected chi connectivity index (χ4v) is 3.92. The average Bonchev–Trinajstić information content (AvgIpc) is 2.37.